The van der Waals surface area contributed by atoms with E-state index < -0.39 is 0 Å². The molecule has 0 unspecified atom stereocenters. The van der Waals surface area contributed by atoms with Crippen LogP contribution in [0.25, 0.3) is 0 Å². The lowest BCUT2D eigenvalue weighted by molar-refractivity contribution is 0.0949. The average Bonchev–Trinajstić information content (AvgIpc) is 3.21. The minimum absolute atomic E-state index is 0.178. The van der Waals surface area contributed by atoms with Gasteiger partial charge in [-0.3, -0.25) is 9.78 Å². The van der Waals surface area contributed by atoms with E-state index in [-0.39, 0.29) is 12.7 Å². The van der Waals surface area contributed by atoms with E-state index in [9.17, 15) is 4.79 Å². The van der Waals surface area contributed by atoms with Crippen LogP contribution in [-0.4, -0.2) is 24.2 Å². The smallest absolute Gasteiger partial charge is 0.269 e. The first kappa shape index (κ1) is 17.9. The van der Waals surface area contributed by atoms with Crippen LogP contribution in [0.15, 0.2) is 66.9 Å². The fourth-order valence-electron chi connectivity index (χ4n) is 2.98. The zero-order chi connectivity index (χ0) is 19.2. The molecule has 3 aromatic rings. The molecule has 2 N–H and O–H groups in total. The zero-order valence-corrected chi connectivity index (χ0v) is 15.4. The highest BCUT2D eigenvalue weighted by atomic mass is 16.7. The fourth-order valence-corrected chi connectivity index (χ4v) is 2.98. The first-order valence-electron chi connectivity index (χ1n) is 9.18. The van der Waals surface area contributed by atoms with Crippen LogP contribution >= 0.6 is 0 Å². The third-order valence-electron chi connectivity index (χ3n) is 4.47. The van der Waals surface area contributed by atoms with Gasteiger partial charge in [-0.2, -0.15) is 0 Å². The van der Waals surface area contributed by atoms with Gasteiger partial charge in [0.15, 0.2) is 11.5 Å². The molecule has 6 nitrogen and oxygen atoms in total. The van der Waals surface area contributed by atoms with Crippen molar-refractivity contribution in [3.8, 4) is 11.5 Å². The second-order valence-corrected chi connectivity index (χ2v) is 6.46. The van der Waals surface area contributed by atoms with Crippen molar-refractivity contribution in [2.75, 3.05) is 18.7 Å². The van der Waals surface area contributed by atoms with Crippen LogP contribution in [0.5, 0.6) is 11.5 Å². The van der Waals surface area contributed by atoms with Crippen LogP contribution in [0, 0.1) is 0 Å². The molecule has 6 heteroatoms. The summed E-state index contributed by atoms with van der Waals surface area (Å²) in [5.74, 6) is 1.34. The standard InChI is InChI=1S/C22H21N3O3/c26-22(24-10-8-16-4-2-1-3-5-16)19-13-18(9-11-23-19)25-14-17-6-7-20-21(12-17)28-15-27-20/h1-7,9,11-13H,8,10,14-15H2,(H,23,25)(H,24,26). The third-order valence-corrected chi connectivity index (χ3v) is 4.47. The van der Waals surface area contributed by atoms with Gasteiger partial charge in [-0.15, -0.1) is 0 Å². The van der Waals surface area contributed by atoms with Crippen molar-refractivity contribution in [2.24, 2.45) is 0 Å². The molecule has 28 heavy (non-hydrogen) atoms. The number of hydrogen-bond acceptors (Lipinski definition) is 5. The first-order chi connectivity index (χ1) is 13.8. The number of nitrogens with zero attached hydrogens (tertiary/aromatic N) is 1. The van der Waals surface area contributed by atoms with E-state index in [1.54, 1.807) is 12.3 Å². The van der Waals surface area contributed by atoms with Gasteiger partial charge >= 0.3 is 0 Å². The Morgan fingerprint density at radius 1 is 0.964 bits per heavy atom. The Kier molecular flexibility index (Phi) is 5.38. The van der Waals surface area contributed by atoms with Crippen molar-refractivity contribution in [1.29, 1.82) is 0 Å². The fraction of sp³-hybridized carbons (Fsp3) is 0.182. The summed E-state index contributed by atoms with van der Waals surface area (Å²) in [6.07, 6.45) is 2.42. The number of fused-ring (bicyclic) bond motifs is 1. The number of ether oxygens (including phenoxy) is 2. The minimum Gasteiger partial charge on any atom is -0.454 e. The second-order valence-electron chi connectivity index (χ2n) is 6.46. The highest BCUT2D eigenvalue weighted by Gasteiger charge is 2.13. The Morgan fingerprint density at radius 3 is 2.71 bits per heavy atom. The van der Waals surface area contributed by atoms with Crippen LogP contribution in [-0.2, 0) is 13.0 Å². The van der Waals surface area contributed by atoms with Crippen molar-refractivity contribution in [2.45, 2.75) is 13.0 Å². The molecule has 4 rings (SSSR count). The lowest BCUT2D eigenvalue weighted by Crippen LogP contribution is -2.26. The summed E-state index contributed by atoms with van der Waals surface area (Å²) in [5, 5.41) is 6.23. The van der Waals surface area contributed by atoms with Gasteiger partial charge in [0.25, 0.3) is 5.91 Å². The van der Waals surface area contributed by atoms with E-state index in [1.165, 1.54) is 5.56 Å². The molecular weight excluding hydrogens is 354 g/mol. The molecule has 0 atom stereocenters. The van der Waals surface area contributed by atoms with Gasteiger partial charge in [-0.05, 0) is 41.8 Å². The second kappa shape index (κ2) is 8.43. The van der Waals surface area contributed by atoms with Gasteiger partial charge in [-0.1, -0.05) is 36.4 Å². The quantitative estimate of drug-likeness (QED) is 0.662. The Hall–Kier alpha value is -3.54. The van der Waals surface area contributed by atoms with Crippen molar-refractivity contribution in [3.63, 3.8) is 0 Å². The maximum absolute atomic E-state index is 12.4. The Morgan fingerprint density at radius 2 is 1.82 bits per heavy atom. The van der Waals surface area contributed by atoms with Gasteiger partial charge in [-0.25, -0.2) is 0 Å². The summed E-state index contributed by atoms with van der Waals surface area (Å²) in [5.41, 5.74) is 3.48. The molecule has 0 fully saturated rings. The molecule has 0 spiro atoms. The Bertz CT molecular complexity index is 960. The highest BCUT2D eigenvalue weighted by molar-refractivity contribution is 5.93. The van der Waals surface area contributed by atoms with Crippen LogP contribution in [0.2, 0.25) is 0 Å². The van der Waals surface area contributed by atoms with Gasteiger partial charge in [0.1, 0.15) is 5.69 Å². The molecule has 0 radical (unpaired) electrons. The molecule has 1 aliphatic heterocycles. The largest absolute Gasteiger partial charge is 0.454 e. The Labute approximate surface area is 163 Å². The van der Waals surface area contributed by atoms with E-state index in [0.717, 1.165) is 29.2 Å². The summed E-state index contributed by atoms with van der Waals surface area (Å²) in [6, 6.07) is 19.5. The summed E-state index contributed by atoms with van der Waals surface area (Å²) < 4.78 is 10.7. The van der Waals surface area contributed by atoms with Gasteiger partial charge in [0, 0.05) is 25.0 Å². The van der Waals surface area contributed by atoms with E-state index in [2.05, 4.69) is 15.6 Å². The predicted octanol–water partition coefficient (Wildman–Crippen LogP) is 3.39. The monoisotopic (exact) mass is 375 g/mol. The normalized spacial score (nSPS) is 11.9. The minimum atomic E-state index is -0.178. The molecule has 0 saturated carbocycles. The maximum Gasteiger partial charge on any atom is 0.269 e. The summed E-state index contributed by atoms with van der Waals surface area (Å²) in [4.78, 5) is 16.5. The maximum atomic E-state index is 12.4. The van der Waals surface area contributed by atoms with Crippen LogP contribution in [0.4, 0.5) is 5.69 Å². The SMILES string of the molecule is O=C(NCCc1ccccc1)c1cc(NCc2ccc3c(c2)OCO3)ccn1. The van der Waals surface area contributed by atoms with E-state index in [0.29, 0.717) is 18.8 Å². The molecule has 1 aliphatic rings. The molecule has 0 aliphatic carbocycles. The molecule has 1 amide bonds. The summed E-state index contributed by atoms with van der Waals surface area (Å²) >= 11 is 0. The Balaban J connectivity index is 1.31. The predicted molar refractivity (Wildman–Crippen MR) is 107 cm³/mol. The number of anilines is 1. The van der Waals surface area contributed by atoms with Crippen LogP contribution < -0.4 is 20.1 Å². The van der Waals surface area contributed by atoms with Gasteiger partial charge in [0.05, 0.1) is 0 Å². The zero-order valence-electron chi connectivity index (χ0n) is 15.4. The molecule has 2 heterocycles. The number of aromatic nitrogens is 1. The van der Waals surface area contributed by atoms with Crippen LogP contribution in [0.3, 0.4) is 0 Å². The first-order valence-corrected chi connectivity index (χ1v) is 9.18. The van der Waals surface area contributed by atoms with Crippen molar-refractivity contribution < 1.29 is 14.3 Å². The van der Waals surface area contributed by atoms with Gasteiger partial charge in [0.2, 0.25) is 6.79 Å². The van der Waals surface area contributed by atoms with Gasteiger partial charge < -0.3 is 20.1 Å². The van der Waals surface area contributed by atoms with Crippen molar-refractivity contribution in [1.82, 2.24) is 10.3 Å². The molecule has 1 aromatic heterocycles. The molecule has 0 bridgehead atoms. The van der Waals surface area contributed by atoms with E-state index in [4.69, 9.17) is 9.47 Å². The summed E-state index contributed by atoms with van der Waals surface area (Å²) in [6.45, 7) is 1.44. The molecule has 142 valence electrons. The molecule has 2 aromatic carbocycles. The number of benzene rings is 2. The number of hydrogen-bond donors (Lipinski definition) is 2. The number of pyridine rings is 1. The lowest BCUT2D eigenvalue weighted by atomic mass is 10.1. The van der Waals surface area contributed by atoms with Crippen LogP contribution in [0.1, 0.15) is 21.6 Å². The van der Waals surface area contributed by atoms with Crippen molar-refractivity contribution in [3.05, 3.63) is 83.7 Å². The number of rotatable bonds is 7. The van der Waals surface area contributed by atoms with Crippen molar-refractivity contribution >= 4 is 11.6 Å². The van der Waals surface area contributed by atoms with E-state index in [1.807, 2.05) is 54.6 Å². The number of amides is 1. The van der Waals surface area contributed by atoms with E-state index >= 15 is 0 Å². The average molecular weight is 375 g/mol. The highest BCUT2D eigenvalue weighted by Crippen LogP contribution is 2.32. The molecular formula is C22H21N3O3. The number of carbonyl (C=O) groups is 1. The number of carbonyl (C=O) groups excluding carboxylic acids is 1. The number of nitrogens with one attached hydrogen (secondary N) is 2. The molecule has 0 saturated heterocycles. The lowest BCUT2D eigenvalue weighted by Gasteiger charge is -2.09. The topological polar surface area (TPSA) is 72.5 Å². The third kappa shape index (κ3) is 4.40. The summed E-state index contributed by atoms with van der Waals surface area (Å²) in [7, 11) is 0.